The highest BCUT2D eigenvalue weighted by molar-refractivity contribution is 6.42. The minimum absolute atomic E-state index is 0.136. The molecule has 2 nitrogen and oxygen atoms in total. The smallest absolute Gasteiger partial charge is 0.122 e. The predicted molar refractivity (Wildman–Crippen MR) is 87.3 cm³/mol. The Kier molecular flexibility index (Phi) is 4.12. The van der Waals surface area contributed by atoms with Crippen LogP contribution < -0.4 is 10.5 Å². The summed E-state index contributed by atoms with van der Waals surface area (Å²) in [6.45, 7) is 1.15. The van der Waals surface area contributed by atoms with Crippen molar-refractivity contribution in [1.29, 1.82) is 0 Å². The topological polar surface area (TPSA) is 35.2 Å². The quantitative estimate of drug-likeness (QED) is 0.923. The van der Waals surface area contributed by atoms with Gasteiger partial charge in [-0.1, -0.05) is 53.5 Å². The van der Waals surface area contributed by atoms with Gasteiger partial charge in [-0.2, -0.15) is 0 Å². The van der Waals surface area contributed by atoms with Gasteiger partial charge in [-0.3, -0.25) is 0 Å². The molecule has 0 spiro atoms. The second kappa shape index (κ2) is 5.88. The fourth-order valence-electron chi connectivity index (χ4n) is 2.88. The van der Waals surface area contributed by atoms with Crippen LogP contribution >= 0.6 is 23.2 Å². The molecule has 0 fully saturated rings. The summed E-state index contributed by atoms with van der Waals surface area (Å²) in [5.41, 5.74) is 8.17. The maximum atomic E-state index is 6.32. The summed E-state index contributed by atoms with van der Waals surface area (Å²) in [4.78, 5) is 0. The molecule has 1 unspecified atom stereocenters. The van der Waals surface area contributed by atoms with Gasteiger partial charge >= 0.3 is 0 Å². The van der Waals surface area contributed by atoms with Gasteiger partial charge in [-0.15, -0.1) is 0 Å². The van der Waals surface area contributed by atoms with Crippen molar-refractivity contribution in [2.45, 2.75) is 12.8 Å². The molecular formula is C17H17Cl2NO. The number of hydrogen-bond donors (Lipinski definition) is 1. The Labute approximate surface area is 134 Å². The summed E-state index contributed by atoms with van der Waals surface area (Å²) in [5.74, 6) is 0.957. The Morgan fingerprint density at radius 3 is 2.71 bits per heavy atom. The number of para-hydroxylation sites is 1. The number of rotatable bonds is 3. The fraction of sp³-hybridized carbons (Fsp3) is 0.294. The molecule has 4 heteroatoms. The lowest BCUT2D eigenvalue weighted by atomic mass is 9.75. The number of nitrogens with two attached hydrogens (primary N) is 1. The molecule has 21 heavy (non-hydrogen) atoms. The average molecular weight is 322 g/mol. The van der Waals surface area contributed by atoms with Gasteiger partial charge in [0.2, 0.25) is 0 Å². The van der Waals surface area contributed by atoms with E-state index >= 15 is 0 Å². The number of ether oxygens (including phenoxy) is 1. The molecule has 0 amide bonds. The third-order valence-electron chi connectivity index (χ3n) is 4.10. The summed E-state index contributed by atoms with van der Waals surface area (Å²) in [5, 5.41) is 1.20. The Bertz CT molecular complexity index is 659. The first-order valence-corrected chi connectivity index (χ1v) is 7.73. The van der Waals surface area contributed by atoms with Crippen LogP contribution in [0.25, 0.3) is 0 Å². The van der Waals surface area contributed by atoms with E-state index in [1.165, 1.54) is 5.56 Å². The van der Waals surface area contributed by atoms with Gasteiger partial charge in [0.05, 0.1) is 16.7 Å². The van der Waals surface area contributed by atoms with Crippen molar-refractivity contribution < 1.29 is 4.74 Å². The molecule has 0 saturated carbocycles. The summed E-state index contributed by atoms with van der Waals surface area (Å²) < 4.78 is 5.92. The second-order valence-corrected chi connectivity index (χ2v) is 6.45. The molecule has 110 valence electrons. The molecule has 1 aliphatic heterocycles. The van der Waals surface area contributed by atoms with Crippen LogP contribution in [0, 0.1) is 5.41 Å². The lowest BCUT2D eigenvalue weighted by Gasteiger charge is -2.37. The maximum absolute atomic E-state index is 6.32. The zero-order valence-electron chi connectivity index (χ0n) is 11.6. The third kappa shape index (κ3) is 2.89. The molecule has 1 aliphatic rings. The summed E-state index contributed by atoms with van der Waals surface area (Å²) in [6.07, 6.45) is 1.65. The standard InChI is InChI=1S/C17H17Cl2NO/c18-14-6-3-5-13(16(14)19)9-17(10-20)8-12-4-1-2-7-15(12)21-11-17/h1-7H,8-11,20H2. The summed E-state index contributed by atoms with van der Waals surface area (Å²) in [7, 11) is 0. The molecule has 0 saturated heterocycles. The van der Waals surface area contributed by atoms with Crippen molar-refractivity contribution in [2.24, 2.45) is 11.1 Å². The first kappa shape index (κ1) is 14.7. The highest BCUT2D eigenvalue weighted by Crippen LogP contribution is 2.38. The maximum Gasteiger partial charge on any atom is 0.122 e. The Hall–Kier alpha value is -1.22. The van der Waals surface area contributed by atoms with Crippen molar-refractivity contribution >= 4 is 23.2 Å². The third-order valence-corrected chi connectivity index (χ3v) is 4.96. The molecule has 0 aliphatic carbocycles. The fourth-order valence-corrected chi connectivity index (χ4v) is 3.27. The van der Waals surface area contributed by atoms with E-state index in [2.05, 4.69) is 6.07 Å². The van der Waals surface area contributed by atoms with Crippen LogP contribution in [-0.4, -0.2) is 13.2 Å². The monoisotopic (exact) mass is 321 g/mol. The van der Waals surface area contributed by atoms with Crippen LogP contribution in [0.4, 0.5) is 0 Å². The Morgan fingerprint density at radius 1 is 1.10 bits per heavy atom. The largest absolute Gasteiger partial charge is 0.493 e. The first-order valence-electron chi connectivity index (χ1n) is 6.97. The predicted octanol–water partition coefficient (Wildman–Crippen LogP) is 4.12. The van der Waals surface area contributed by atoms with E-state index in [4.69, 9.17) is 33.7 Å². The molecule has 2 aromatic carbocycles. The van der Waals surface area contributed by atoms with Gasteiger partial charge in [0.25, 0.3) is 0 Å². The molecular weight excluding hydrogens is 305 g/mol. The van der Waals surface area contributed by atoms with E-state index in [1.54, 1.807) is 6.07 Å². The molecule has 0 radical (unpaired) electrons. The molecule has 0 aromatic heterocycles. The van der Waals surface area contributed by atoms with E-state index in [0.29, 0.717) is 23.2 Å². The Morgan fingerprint density at radius 2 is 1.90 bits per heavy atom. The van der Waals surface area contributed by atoms with Gasteiger partial charge in [0.15, 0.2) is 0 Å². The summed E-state index contributed by atoms with van der Waals surface area (Å²) in [6, 6.07) is 13.8. The van der Waals surface area contributed by atoms with Crippen LogP contribution in [0.2, 0.25) is 10.0 Å². The number of fused-ring (bicyclic) bond motifs is 1. The Balaban J connectivity index is 1.91. The van der Waals surface area contributed by atoms with Gasteiger partial charge in [0.1, 0.15) is 5.75 Å². The van der Waals surface area contributed by atoms with Crippen molar-refractivity contribution in [3.05, 3.63) is 63.6 Å². The van der Waals surface area contributed by atoms with Crippen LogP contribution in [0.15, 0.2) is 42.5 Å². The zero-order valence-corrected chi connectivity index (χ0v) is 13.1. The molecule has 0 bridgehead atoms. The number of halogens is 2. The average Bonchev–Trinajstić information content (AvgIpc) is 2.52. The zero-order chi connectivity index (χ0) is 14.9. The molecule has 2 aromatic rings. The van der Waals surface area contributed by atoms with Crippen LogP contribution in [-0.2, 0) is 12.8 Å². The minimum atomic E-state index is -0.136. The van der Waals surface area contributed by atoms with Crippen molar-refractivity contribution in [3.63, 3.8) is 0 Å². The first-order chi connectivity index (χ1) is 10.1. The lowest BCUT2D eigenvalue weighted by molar-refractivity contribution is 0.126. The van der Waals surface area contributed by atoms with E-state index in [9.17, 15) is 0 Å². The second-order valence-electron chi connectivity index (χ2n) is 5.67. The summed E-state index contributed by atoms with van der Waals surface area (Å²) >= 11 is 12.4. The van der Waals surface area contributed by atoms with E-state index < -0.39 is 0 Å². The molecule has 3 rings (SSSR count). The van der Waals surface area contributed by atoms with Crippen molar-refractivity contribution in [1.82, 2.24) is 0 Å². The SMILES string of the molecule is NCC1(Cc2cccc(Cl)c2Cl)COc2ccccc2C1. The van der Waals surface area contributed by atoms with Crippen LogP contribution in [0.5, 0.6) is 5.75 Å². The highest BCUT2D eigenvalue weighted by atomic mass is 35.5. The van der Waals surface area contributed by atoms with E-state index in [1.807, 2.05) is 30.3 Å². The highest BCUT2D eigenvalue weighted by Gasteiger charge is 2.35. The van der Waals surface area contributed by atoms with Crippen molar-refractivity contribution in [2.75, 3.05) is 13.2 Å². The van der Waals surface area contributed by atoms with Gasteiger partial charge in [-0.25, -0.2) is 0 Å². The normalized spacial score (nSPS) is 20.7. The number of hydrogen-bond acceptors (Lipinski definition) is 2. The van der Waals surface area contributed by atoms with Crippen molar-refractivity contribution in [3.8, 4) is 5.75 Å². The van der Waals surface area contributed by atoms with E-state index in [0.717, 1.165) is 24.2 Å². The van der Waals surface area contributed by atoms with Gasteiger partial charge in [0, 0.05) is 12.0 Å². The van der Waals surface area contributed by atoms with Crippen LogP contribution in [0.3, 0.4) is 0 Å². The molecule has 2 N–H and O–H groups in total. The van der Waals surface area contributed by atoms with Crippen LogP contribution in [0.1, 0.15) is 11.1 Å². The van der Waals surface area contributed by atoms with Gasteiger partial charge < -0.3 is 10.5 Å². The minimum Gasteiger partial charge on any atom is -0.493 e. The van der Waals surface area contributed by atoms with E-state index in [-0.39, 0.29) is 5.41 Å². The number of benzene rings is 2. The molecule has 1 atom stereocenters. The molecule has 1 heterocycles. The van der Waals surface area contributed by atoms with Gasteiger partial charge in [-0.05, 0) is 36.1 Å². The lowest BCUT2D eigenvalue weighted by Crippen LogP contribution is -2.43.